The van der Waals surface area contributed by atoms with Gasteiger partial charge in [0.05, 0.1) is 21.3 Å². The molecule has 3 heteroatoms. The van der Waals surface area contributed by atoms with Gasteiger partial charge in [-0.2, -0.15) is 0 Å². The minimum atomic E-state index is -1.34. The molecule has 1 aromatic carbocycles. The molecule has 0 heterocycles. The Morgan fingerprint density at radius 1 is 1.11 bits per heavy atom. The quantitative estimate of drug-likeness (QED) is 0.770. The third-order valence-electron chi connectivity index (χ3n) is 3.73. The SMILES string of the molecule is COCC1=Cc2cccc([Si](C)(C)C)c2C1COC. The van der Waals surface area contributed by atoms with Gasteiger partial charge >= 0.3 is 0 Å². The summed E-state index contributed by atoms with van der Waals surface area (Å²) >= 11 is 0. The van der Waals surface area contributed by atoms with Gasteiger partial charge in [-0.05, 0) is 16.7 Å². The van der Waals surface area contributed by atoms with E-state index in [0.717, 1.165) is 6.61 Å². The summed E-state index contributed by atoms with van der Waals surface area (Å²) < 4.78 is 10.8. The molecule has 0 N–H and O–H groups in total. The van der Waals surface area contributed by atoms with Gasteiger partial charge in [0, 0.05) is 20.1 Å². The Hall–Kier alpha value is -0.903. The van der Waals surface area contributed by atoms with Gasteiger partial charge in [-0.1, -0.05) is 49.1 Å². The monoisotopic (exact) mass is 276 g/mol. The van der Waals surface area contributed by atoms with Crippen LogP contribution in [0, 0.1) is 0 Å². The molecule has 0 aliphatic heterocycles. The molecule has 0 aromatic heterocycles. The molecule has 2 rings (SSSR count). The molecule has 104 valence electrons. The van der Waals surface area contributed by atoms with Crippen molar-refractivity contribution in [2.24, 2.45) is 0 Å². The summed E-state index contributed by atoms with van der Waals surface area (Å²) in [5.74, 6) is 0.364. The first kappa shape index (κ1) is 14.5. The summed E-state index contributed by atoms with van der Waals surface area (Å²) in [6, 6.07) is 6.70. The van der Waals surface area contributed by atoms with Gasteiger partial charge in [0.25, 0.3) is 0 Å². The fraction of sp³-hybridized carbons (Fsp3) is 0.500. The minimum Gasteiger partial charge on any atom is -0.384 e. The highest BCUT2D eigenvalue weighted by Crippen LogP contribution is 2.36. The number of fused-ring (bicyclic) bond motifs is 1. The summed E-state index contributed by atoms with van der Waals surface area (Å²) in [5.41, 5.74) is 4.18. The summed E-state index contributed by atoms with van der Waals surface area (Å²) in [6.45, 7) is 8.64. The lowest BCUT2D eigenvalue weighted by Gasteiger charge is -2.25. The van der Waals surface area contributed by atoms with Gasteiger partial charge in [-0.3, -0.25) is 0 Å². The highest BCUT2D eigenvalue weighted by atomic mass is 28.3. The zero-order valence-corrected chi connectivity index (χ0v) is 13.6. The average Bonchev–Trinajstić information content (AvgIpc) is 2.67. The van der Waals surface area contributed by atoms with Gasteiger partial charge in [0.15, 0.2) is 0 Å². The zero-order valence-electron chi connectivity index (χ0n) is 12.6. The van der Waals surface area contributed by atoms with Crippen LogP contribution in [0.4, 0.5) is 0 Å². The number of ether oxygens (including phenoxy) is 2. The van der Waals surface area contributed by atoms with Crippen LogP contribution in [-0.4, -0.2) is 35.5 Å². The van der Waals surface area contributed by atoms with Gasteiger partial charge in [0.2, 0.25) is 0 Å². The first-order chi connectivity index (χ1) is 8.99. The molecule has 19 heavy (non-hydrogen) atoms. The molecular weight excluding hydrogens is 252 g/mol. The van der Waals surface area contributed by atoms with Crippen LogP contribution in [-0.2, 0) is 9.47 Å². The molecule has 2 nitrogen and oxygen atoms in total. The summed E-state index contributed by atoms with van der Waals surface area (Å²) in [6.07, 6.45) is 2.28. The van der Waals surface area contributed by atoms with E-state index < -0.39 is 8.07 Å². The second kappa shape index (κ2) is 5.61. The second-order valence-corrected chi connectivity index (χ2v) is 11.3. The molecule has 0 radical (unpaired) electrons. The van der Waals surface area contributed by atoms with Crippen LogP contribution < -0.4 is 5.19 Å². The number of rotatable bonds is 5. The highest BCUT2D eigenvalue weighted by Gasteiger charge is 2.31. The molecule has 0 saturated carbocycles. The third kappa shape index (κ3) is 2.83. The Labute approximate surface area is 117 Å². The van der Waals surface area contributed by atoms with Crippen LogP contribution in [0.3, 0.4) is 0 Å². The normalized spacial score (nSPS) is 18.4. The maximum atomic E-state index is 5.45. The van der Waals surface area contributed by atoms with E-state index in [0.29, 0.717) is 12.5 Å². The zero-order chi connectivity index (χ0) is 14.0. The predicted octanol–water partition coefficient (Wildman–Crippen LogP) is 3.01. The molecule has 0 bridgehead atoms. The lowest BCUT2D eigenvalue weighted by molar-refractivity contribution is 0.175. The number of methoxy groups -OCH3 is 2. The van der Waals surface area contributed by atoms with Crippen LogP contribution in [0.15, 0.2) is 23.8 Å². The number of benzene rings is 1. The van der Waals surface area contributed by atoms with E-state index in [2.05, 4.69) is 43.9 Å². The van der Waals surface area contributed by atoms with Gasteiger partial charge in [0.1, 0.15) is 0 Å². The van der Waals surface area contributed by atoms with Crippen molar-refractivity contribution < 1.29 is 9.47 Å². The van der Waals surface area contributed by atoms with Gasteiger partial charge < -0.3 is 9.47 Å². The Morgan fingerprint density at radius 2 is 1.84 bits per heavy atom. The second-order valence-electron chi connectivity index (χ2n) is 6.22. The molecule has 0 amide bonds. The largest absolute Gasteiger partial charge is 0.384 e. The Bertz CT molecular complexity index is 486. The fourth-order valence-corrected chi connectivity index (χ4v) is 4.63. The first-order valence-electron chi connectivity index (χ1n) is 6.80. The summed E-state index contributed by atoms with van der Waals surface area (Å²) in [4.78, 5) is 0. The van der Waals surface area contributed by atoms with E-state index in [-0.39, 0.29) is 0 Å². The summed E-state index contributed by atoms with van der Waals surface area (Å²) in [7, 11) is 2.19. The van der Waals surface area contributed by atoms with Gasteiger partial charge in [-0.15, -0.1) is 0 Å². The maximum Gasteiger partial charge on any atom is 0.0780 e. The van der Waals surface area contributed by atoms with Crippen molar-refractivity contribution in [3.05, 3.63) is 34.9 Å². The van der Waals surface area contributed by atoms with Crippen molar-refractivity contribution in [3.63, 3.8) is 0 Å². The number of hydrogen-bond donors (Lipinski definition) is 0. The third-order valence-corrected chi connectivity index (χ3v) is 5.78. The van der Waals surface area contributed by atoms with Crippen LogP contribution in [0.2, 0.25) is 19.6 Å². The van der Waals surface area contributed by atoms with Crippen LogP contribution in [0.1, 0.15) is 17.0 Å². The van der Waals surface area contributed by atoms with E-state index >= 15 is 0 Å². The molecular formula is C16H24O2Si. The predicted molar refractivity (Wildman–Crippen MR) is 83.9 cm³/mol. The fourth-order valence-electron chi connectivity index (χ4n) is 2.90. The molecule has 0 fully saturated rings. The number of hydrogen-bond acceptors (Lipinski definition) is 2. The maximum absolute atomic E-state index is 5.45. The molecule has 1 atom stereocenters. The van der Waals surface area contributed by atoms with Crippen LogP contribution in [0.25, 0.3) is 6.08 Å². The van der Waals surface area contributed by atoms with E-state index in [1.54, 1.807) is 19.4 Å². The topological polar surface area (TPSA) is 18.5 Å². The Morgan fingerprint density at radius 3 is 2.42 bits per heavy atom. The molecule has 1 aliphatic rings. The molecule has 1 aliphatic carbocycles. The van der Waals surface area contributed by atoms with Gasteiger partial charge in [-0.25, -0.2) is 0 Å². The highest BCUT2D eigenvalue weighted by molar-refractivity contribution is 6.89. The molecule has 1 unspecified atom stereocenters. The van der Waals surface area contributed by atoms with E-state index in [1.807, 2.05) is 0 Å². The molecule has 0 spiro atoms. The average molecular weight is 276 g/mol. The van der Waals surface area contributed by atoms with Crippen molar-refractivity contribution in [1.29, 1.82) is 0 Å². The van der Waals surface area contributed by atoms with Crippen molar-refractivity contribution in [1.82, 2.24) is 0 Å². The van der Waals surface area contributed by atoms with Crippen molar-refractivity contribution >= 4 is 19.3 Å². The Kier molecular flexibility index (Phi) is 4.28. The Balaban J connectivity index is 2.49. The molecule has 0 saturated heterocycles. The van der Waals surface area contributed by atoms with Crippen molar-refractivity contribution in [2.45, 2.75) is 25.6 Å². The van der Waals surface area contributed by atoms with Crippen molar-refractivity contribution in [2.75, 3.05) is 27.4 Å². The minimum absolute atomic E-state index is 0.364. The van der Waals surface area contributed by atoms with Crippen LogP contribution >= 0.6 is 0 Å². The lowest BCUT2D eigenvalue weighted by Crippen LogP contribution is -2.41. The van der Waals surface area contributed by atoms with Crippen molar-refractivity contribution in [3.8, 4) is 0 Å². The van der Waals surface area contributed by atoms with Crippen LogP contribution in [0.5, 0.6) is 0 Å². The van der Waals surface area contributed by atoms with E-state index in [4.69, 9.17) is 9.47 Å². The smallest absolute Gasteiger partial charge is 0.0780 e. The standard InChI is InChI=1S/C16H24O2Si/c1-17-10-13-9-12-7-6-8-15(19(3,4)5)16(12)14(13)11-18-2/h6-9,14H,10-11H2,1-5H3. The lowest BCUT2D eigenvalue weighted by atomic mass is 9.97. The summed E-state index contributed by atoms with van der Waals surface area (Å²) in [5, 5.41) is 1.55. The first-order valence-corrected chi connectivity index (χ1v) is 10.3. The molecule has 1 aromatic rings. The van der Waals surface area contributed by atoms with E-state index in [9.17, 15) is 0 Å². The van der Waals surface area contributed by atoms with E-state index in [1.165, 1.54) is 16.7 Å².